The van der Waals surface area contributed by atoms with E-state index in [-0.39, 0.29) is 11.8 Å². The quantitative estimate of drug-likeness (QED) is 0.618. The van der Waals surface area contributed by atoms with Crippen molar-refractivity contribution in [2.24, 2.45) is 5.73 Å². The predicted octanol–water partition coefficient (Wildman–Crippen LogP) is -0.295. The molecule has 0 bridgehead atoms. The predicted molar refractivity (Wildman–Crippen MR) is 72.7 cm³/mol. The van der Waals surface area contributed by atoms with Gasteiger partial charge in [-0.25, -0.2) is 4.79 Å². The van der Waals surface area contributed by atoms with Gasteiger partial charge in [0.05, 0.1) is 5.54 Å². The van der Waals surface area contributed by atoms with E-state index in [0.717, 1.165) is 0 Å². The van der Waals surface area contributed by atoms with Crippen LogP contribution in [-0.2, 0) is 9.59 Å². The number of rotatable bonds is 3. The van der Waals surface area contributed by atoms with Crippen molar-refractivity contribution in [1.29, 1.82) is 0 Å². The summed E-state index contributed by atoms with van der Waals surface area (Å²) in [5.41, 5.74) is 4.45. The molecule has 0 aromatic carbocycles. The van der Waals surface area contributed by atoms with Gasteiger partial charge in [0.1, 0.15) is 5.54 Å². The first-order chi connectivity index (χ1) is 9.37. The molecule has 0 aromatic rings. The smallest absolute Gasteiger partial charge is 0.322 e. The number of likely N-dealkylation sites (tertiary alicyclic amines) is 1. The Balaban J connectivity index is 2.03. The first-order valence-electron chi connectivity index (χ1n) is 7.09. The minimum atomic E-state index is -0.844. The van der Waals surface area contributed by atoms with E-state index in [9.17, 15) is 14.4 Å². The minimum absolute atomic E-state index is 0.0675. The maximum absolute atomic E-state index is 12.4. The van der Waals surface area contributed by atoms with Crippen LogP contribution in [0.2, 0.25) is 0 Å². The molecule has 0 aromatic heterocycles. The first kappa shape index (κ1) is 14.8. The second-order valence-corrected chi connectivity index (χ2v) is 5.65. The molecule has 112 valence electrons. The molecule has 2 heterocycles. The van der Waals surface area contributed by atoms with Crippen LogP contribution >= 0.6 is 0 Å². The fourth-order valence-corrected chi connectivity index (χ4v) is 2.84. The molecule has 0 atom stereocenters. The van der Waals surface area contributed by atoms with Gasteiger partial charge < -0.3 is 16.0 Å². The average molecular weight is 282 g/mol. The zero-order valence-electron chi connectivity index (χ0n) is 12.0. The van der Waals surface area contributed by atoms with Crippen LogP contribution in [0.5, 0.6) is 0 Å². The largest absolute Gasteiger partial charge is 0.341 e. The molecule has 0 aliphatic carbocycles. The van der Waals surface area contributed by atoms with Crippen molar-refractivity contribution in [1.82, 2.24) is 15.5 Å². The summed E-state index contributed by atoms with van der Waals surface area (Å²) in [5.74, 6) is -0.360. The van der Waals surface area contributed by atoms with Gasteiger partial charge in [-0.3, -0.25) is 14.9 Å². The number of carbonyl (C=O) groups is 3. The zero-order chi connectivity index (χ0) is 15.0. The second kappa shape index (κ2) is 5.05. The highest BCUT2D eigenvalue weighted by Crippen LogP contribution is 2.27. The number of nitrogens with two attached hydrogens (primary N) is 1. The number of amides is 4. The molecule has 2 aliphatic heterocycles. The Morgan fingerprint density at radius 3 is 2.25 bits per heavy atom. The van der Waals surface area contributed by atoms with Gasteiger partial charge >= 0.3 is 6.03 Å². The third-order valence-corrected chi connectivity index (χ3v) is 4.61. The molecule has 2 rings (SSSR count). The van der Waals surface area contributed by atoms with E-state index in [1.54, 1.807) is 4.90 Å². The summed E-state index contributed by atoms with van der Waals surface area (Å²) in [6, 6.07) is -0.454. The molecule has 2 saturated heterocycles. The van der Waals surface area contributed by atoms with Crippen LogP contribution in [0, 0.1) is 0 Å². The molecule has 4 N–H and O–H groups in total. The Hall–Kier alpha value is -1.63. The molecule has 2 fully saturated rings. The van der Waals surface area contributed by atoms with Crippen molar-refractivity contribution in [3.63, 3.8) is 0 Å². The summed E-state index contributed by atoms with van der Waals surface area (Å²) in [6.45, 7) is 4.67. The summed E-state index contributed by atoms with van der Waals surface area (Å²) < 4.78 is 0. The molecular formula is C13H22N4O3. The highest BCUT2D eigenvalue weighted by molar-refractivity contribution is 6.07. The summed E-state index contributed by atoms with van der Waals surface area (Å²) >= 11 is 0. The van der Waals surface area contributed by atoms with Crippen molar-refractivity contribution in [3.05, 3.63) is 0 Å². The molecule has 1 spiro atoms. The average Bonchev–Trinajstić information content (AvgIpc) is 2.72. The van der Waals surface area contributed by atoms with E-state index in [1.165, 1.54) is 0 Å². The maximum Gasteiger partial charge on any atom is 0.322 e. The number of imide groups is 1. The third kappa shape index (κ3) is 2.26. The van der Waals surface area contributed by atoms with Crippen LogP contribution in [0.4, 0.5) is 4.79 Å². The highest BCUT2D eigenvalue weighted by atomic mass is 16.2. The molecule has 4 amide bonds. The van der Waals surface area contributed by atoms with E-state index >= 15 is 0 Å². The molecule has 0 radical (unpaired) electrons. The van der Waals surface area contributed by atoms with Gasteiger partial charge in [0, 0.05) is 13.1 Å². The van der Waals surface area contributed by atoms with Gasteiger partial charge in [-0.1, -0.05) is 13.8 Å². The molecule has 0 unspecified atom stereocenters. The number of carbonyl (C=O) groups excluding carboxylic acids is 3. The molecular weight excluding hydrogens is 260 g/mol. The lowest BCUT2D eigenvalue weighted by atomic mass is 9.85. The van der Waals surface area contributed by atoms with E-state index in [4.69, 9.17) is 5.73 Å². The number of nitrogens with one attached hydrogen (secondary N) is 2. The lowest BCUT2D eigenvalue weighted by Gasteiger charge is -2.40. The molecule has 2 aliphatic rings. The lowest BCUT2D eigenvalue weighted by Crippen LogP contribution is -2.61. The Kier molecular flexibility index (Phi) is 3.73. The topological polar surface area (TPSA) is 105 Å². The second-order valence-electron chi connectivity index (χ2n) is 5.65. The van der Waals surface area contributed by atoms with E-state index in [1.807, 2.05) is 13.8 Å². The molecule has 7 heteroatoms. The number of hydrogen-bond donors (Lipinski definition) is 3. The van der Waals surface area contributed by atoms with Crippen LogP contribution < -0.4 is 16.4 Å². The van der Waals surface area contributed by atoms with E-state index in [2.05, 4.69) is 10.6 Å². The van der Waals surface area contributed by atoms with Gasteiger partial charge in [0.25, 0.3) is 5.91 Å². The molecule has 7 nitrogen and oxygen atoms in total. The first-order valence-corrected chi connectivity index (χ1v) is 7.09. The van der Waals surface area contributed by atoms with Crippen LogP contribution in [0.25, 0.3) is 0 Å². The van der Waals surface area contributed by atoms with Gasteiger partial charge in [0.15, 0.2) is 0 Å². The summed E-state index contributed by atoms with van der Waals surface area (Å²) in [4.78, 5) is 37.2. The Bertz CT molecular complexity index is 437. The number of nitrogens with zero attached hydrogens (tertiary/aromatic N) is 1. The van der Waals surface area contributed by atoms with Crippen molar-refractivity contribution < 1.29 is 14.4 Å². The highest BCUT2D eigenvalue weighted by Gasteiger charge is 2.49. The number of hydrogen-bond acceptors (Lipinski definition) is 4. The normalized spacial score (nSPS) is 21.9. The van der Waals surface area contributed by atoms with Crippen LogP contribution in [0.15, 0.2) is 0 Å². The fourth-order valence-electron chi connectivity index (χ4n) is 2.84. The minimum Gasteiger partial charge on any atom is -0.341 e. The Morgan fingerprint density at radius 1 is 1.30 bits per heavy atom. The van der Waals surface area contributed by atoms with Gasteiger partial charge in [-0.2, -0.15) is 0 Å². The lowest BCUT2D eigenvalue weighted by molar-refractivity contribution is -0.140. The Labute approximate surface area is 118 Å². The van der Waals surface area contributed by atoms with Gasteiger partial charge in [-0.05, 0) is 25.7 Å². The van der Waals surface area contributed by atoms with Crippen molar-refractivity contribution in [2.45, 2.75) is 50.6 Å². The van der Waals surface area contributed by atoms with Crippen LogP contribution in [0.3, 0.4) is 0 Å². The molecule has 20 heavy (non-hydrogen) atoms. The monoisotopic (exact) mass is 282 g/mol. The fraction of sp³-hybridized carbons (Fsp3) is 0.769. The number of urea groups is 1. The maximum atomic E-state index is 12.4. The third-order valence-electron chi connectivity index (χ3n) is 4.61. The van der Waals surface area contributed by atoms with Crippen LogP contribution in [-0.4, -0.2) is 46.9 Å². The summed E-state index contributed by atoms with van der Waals surface area (Å²) in [7, 11) is 0. The SMILES string of the molecule is CCC(N)(CC)C(=O)N1CCC2(CC1)NC(=O)NC2=O. The van der Waals surface area contributed by atoms with Crippen molar-refractivity contribution in [3.8, 4) is 0 Å². The summed E-state index contributed by atoms with van der Waals surface area (Å²) in [6.07, 6.45) is 2.03. The van der Waals surface area contributed by atoms with E-state index in [0.29, 0.717) is 38.8 Å². The molecule has 0 saturated carbocycles. The van der Waals surface area contributed by atoms with Gasteiger partial charge in [-0.15, -0.1) is 0 Å². The number of piperidine rings is 1. The zero-order valence-corrected chi connectivity index (χ0v) is 12.0. The van der Waals surface area contributed by atoms with Gasteiger partial charge in [0.2, 0.25) is 5.91 Å². The van der Waals surface area contributed by atoms with Crippen molar-refractivity contribution in [2.75, 3.05) is 13.1 Å². The van der Waals surface area contributed by atoms with Crippen LogP contribution in [0.1, 0.15) is 39.5 Å². The standard InChI is InChI=1S/C13H22N4O3/c1-3-12(14,4-2)10(19)17-7-5-13(6-8-17)9(18)15-11(20)16-13/h3-8,14H2,1-2H3,(H2,15,16,18,20). The van der Waals surface area contributed by atoms with E-state index < -0.39 is 17.1 Å². The van der Waals surface area contributed by atoms with Crippen molar-refractivity contribution >= 4 is 17.8 Å². The Morgan fingerprint density at radius 2 is 1.85 bits per heavy atom. The summed E-state index contributed by atoms with van der Waals surface area (Å²) in [5, 5.41) is 4.93.